The summed E-state index contributed by atoms with van der Waals surface area (Å²) in [5, 5.41) is 4.48. The Balaban J connectivity index is 2.55. The molecule has 0 unspecified atom stereocenters. The smallest absolute Gasteiger partial charge is 0.350 e. The van der Waals surface area contributed by atoms with Crippen molar-refractivity contribution < 1.29 is 19.1 Å². The number of rotatable bonds is 7. The third-order valence-electron chi connectivity index (χ3n) is 2.33. The molecule has 1 aromatic rings. The van der Waals surface area contributed by atoms with Crippen LogP contribution in [-0.2, 0) is 14.3 Å². The summed E-state index contributed by atoms with van der Waals surface area (Å²) in [7, 11) is 1.30. The summed E-state index contributed by atoms with van der Waals surface area (Å²) >= 11 is 2.52. The molecule has 6 nitrogen and oxygen atoms in total. The van der Waals surface area contributed by atoms with Crippen molar-refractivity contribution in [3.63, 3.8) is 0 Å². The van der Waals surface area contributed by atoms with E-state index in [4.69, 9.17) is 5.73 Å². The first-order valence-electron chi connectivity index (χ1n) is 5.78. The molecule has 8 heteroatoms. The standard InChI is InChI=1S/C12H16N2O4S2/c1-7-5-20-11(12(17)18-2)10(7)14-9(16)3-4-19-6-8(13)15/h5H,3-4,6H2,1-2H3,(H2,13,15)(H,14,16). The molecule has 1 aromatic heterocycles. The fourth-order valence-corrected chi connectivity index (χ4v) is 2.98. The summed E-state index contributed by atoms with van der Waals surface area (Å²) in [5.41, 5.74) is 6.30. The van der Waals surface area contributed by atoms with Crippen molar-refractivity contribution in [2.45, 2.75) is 13.3 Å². The van der Waals surface area contributed by atoms with Gasteiger partial charge in [-0.3, -0.25) is 9.59 Å². The van der Waals surface area contributed by atoms with Gasteiger partial charge in [0.2, 0.25) is 11.8 Å². The predicted octanol–water partition coefficient (Wildman–Crippen LogP) is 1.39. The molecule has 0 aliphatic rings. The lowest BCUT2D eigenvalue weighted by Crippen LogP contribution is -2.17. The first-order valence-corrected chi connectivity index (χ1v) is 7.81. The second-order valence-electron chi connectivity index (χ2n) is 3.93. The number of anilines is 1. The normalized spacial score (nSPS) is 10.1. The molecule has 110 valence electrons. The number of esters is 1. The van der Waals surface area contributed by atoms with E-state index in [0.29, 0.717) is 16.3 Å². The van der Waals surface area contributed by atoms with Crippen LogP contribution in [0.25, 0.3) is 0 Å². The molecule has 0 radical (unpaired) electrons. The lowest BCUT2D eigenvalue weighted by atomic mass is 10.2. The highest BCUT2D eigenvalue weighted by molar-refractivity contribution is 7.99. The Labute approximate surface area is 125 Å². The predicted molar refractivity (Wildman–Crippen MR) is 80.2 cm³/mol. The van der Waals surface area contributed by atoms with E-state index in [2.05, 4.69) is 10.1 Å². The Morgan fingerprint density at radius 3 is 2.75 bits per heavy atom. The van der Waals surface area contributed by atoms with Gasteiger partial charge in [0.05, 0.1) is 18.6 Å². The molecule has 0 saturated carbocycles. The molecule has 0 spiro atoms. The van der Waals surface area contributed by atoms with Gasteiger partial charge >= 0.3 is 5.97 Å². The van der Waals surface area contributed by atoms with Crippen molar-refractivity contribution in [1.29, 1.82) is 0 Å². The van der Waals surface area contributed by atoms with Crippen LogP contribution in [0.2, 0.25) is 0 Å². The maximum Gasteiger partial charge on any atom is 0.350 e. The van der Waals surface area contributed by atoms with E-state index in [9.17, 15) is 14.4 Å². The molecule has 20 heavy (non-hydrogen) atoms. The number of carbonyl (C=O) groups excluding carboxylic acids is 3. The van der Waals surface area contributed by atoms with Crippen molar-refractivity contribution in [3.8, 4) is 0 Å². The molecular formula is C12H16N2O4S2. The fourth-order valence-electron chi connectivity index (χ4n) is 1.38. The minimum Gasteiger partial charge on any atom is -0.465 e. The van der Waals surface area contributed by atoms with E-state index in [1.807, 2.05) is 0 Å². The average molecular weight is 316 g/mol. The van der Waals surface area contributed by atoms with Crippen LogP contribution in [0.15, 0.2) is 5.38 Å². The average Bonchev–Trinajstić information content (AvgIpc) is 2.75. The number of carbonyl (C=O) groups is 3. The van der Waals surface area contributed by atoms with Crippen molar-refractivity contribution in [3.05, 3.63) is 15.8 Å². The molecule has 0 atom stereocenters. The summed E-state index contributed by atoms with van der Waals surface area (Å²) in [6, 6.07) is 0. The Hall–Kier alpha value is -1.54. The van der Waals surface area contributed by atoms with E-state index >= 15 is 0 Å². The Morgan fingerprint density at radius 1 is 1.45 bits per heavy atom. The molecule has 0 aliphatic carbocycles. The fraction of sp³-hybridized carbons (Fsp3) is 0.417. The SMILES string of the molecule is COC(=O)c1scc(C)c1NC(=O)CCSCC(N)=O. The maximum absolute atomic E-state index is 11.8. The number of hydrogen-bond donors (Lipinski definition) is 2. The number of hydrogen-bond acceptors (Lipinski definition) is 6. The quantitative estimate of drug-likeness (QED) is 0.585. The third-order valence-corrected chi connectivity index (χ3v) is 4.39. The number of thioether (sulfide) groups is 1. The minimum absolute atomic E-state index is 0.193. The van der Waals surface area contributed by atoms with Crippen molar-refractivity contribution in [2.24, 2.45) is 5.73 Å². The largest absolute Gasteiger partial charge is 0.465 e. The number of nitrogens with two attached hydrogens (primary N) is 1. The van der Waals surface area contributed by atoms with Crippen LogP contribution in [0.3, 0.4) is 0 Å². The van der Waals surface area contributed by atoms with Crippen LogP contribution in [0.5, 0.6) is 0 Å². The van der Waals surface area contributed by atoms with Crippen LogP contribution in [0.1, 0.15) is 21.7 Å². The molecule has 0 fully saturated rings. The van der Waals surface area contributed by atoms with E-state index < -0.39 is 11.9 Å². The van der Waals surface area contributed by atoms with Crippen LogP contribution < -0.4 is 11.1 Å². The lowest BCUT2D eigenvalue weighted by molar-refractivity contribution is -0.116. The van der Waals surface area contributed by atoms with Gasteiger partial charge in [-0.2, -0.15) is 11.8 Å². The lowest BCUT2D eigenvalue weighted by Gasteiger charge is -2.07. The number of nitrogens with one attached hydrogen (secondary N) is 1. The third kappa shape index (κ3) is 4.86. The van der Waals surface area contributed by atoms with Gasteiger partial charge < -0.3 is 15.8 Å². The van der Waals surface area contributed by atoms with Gasteiger partial charge in [0.25, 0.3) is 0 Å². The van der Waals surface area contributed by atoms with Crippen LogP contribution >= 0.6 is 23.1 Å². The number of ether oxygens (including phenoxy) is 1. The molecule has 0 saturated heterocycles. The van der Waals surface area contributed by atoms with E-state index in [-0.39, 0.29) is 18.1 Å². The van der Waals surface area contributed by atoms with Crippen LogP contribution in [0, 0.1) is 6.92 Å². The van der Waals surface area contributed by atoms with Crippen molar-refractivity contribution in [1.82, 2.24) is 0 Å². The second kappa shape index (κ2) is 7.91. The molecule has 2 amide bonds. The first kappa shape index (κ1) is 16.5. The summed E-state index contributed by atoms with van der Waals surface area (Å²) in [4.78, 5) is 34.3. The molecule has 0 aromatic carbocycles. The van der Waals surface area contributed by atoms with Gasteiger partial charge in [-0.15, -0.1) is 11.3 Å². The van der Waals surface area contributed by atoms with Crippen LogP contribution in [-0.4, -0.2) is 36.4 Å². The van der Waals surface area contributed by atoms with Gasteiger partial charge in [-0.05, 0) is 17.9 Å². The first-order chi connectivity index (χ1) is 9.45. The van der Waals surface area contributed by atoms with Gasteiger partial charge in [0.15, 0.2) is 0 Å². The van der Waals surface area contributed by atoms with Gasteiger partial charge in [0.1, 0.15) is 4.88 Å². The topological polar surface area (TPSA) is 98.5 Å². The van der Waals surface area contributed by atoms with Crippen molar-refractivity contribution >= 4 is 46.6 Å². The Kier molecular flexibility index (Phi) is 6.53. The number of methoxy groups -OCH3 is 1. The molecule has 0 bridgehead atoms. The highest BCUT2D eigenvalue weighted by atomic mass is 32.2. The van der Waals surface area contributed by atoms with Crippen LogP contribution in [0.4, 0.5) is 5.69 Å². The number of amides is 2. The maximum atomic E-state index is 11.8. The van der Waals surface area contributed by atoms with E-state index in [1.165, 1.54) is 30.2 Å². The second-order valence-corrected chi connectivity index (χ2v) is 5.92. The molecule has 0 aliphatic heterocycles. The number of primary amides is 1. The summed E-state index contributed by atoms with van der Waals surface area (Å²) in [6.07, 6.45) is 0.244. The monoisotopic (exact) mass is 316 g/mol. The number of aryl methyl sites for hydroxylation is 1. The highest BCUT2D eigenvalue weighted by Gasteiger charge is 2.18. The van der Waals surface area contributed by atoms with E-state index in [0.717, 1.165) is 5.56 Å². The van der Waals surface area contributed by atoms with Gasteiger partial charge in [0, 0.05) is 12.2 Å². The van der Waals surface area contributed by atoms with Crippen molar-refractivity contribution in [2.75, 3.05) is 23.9 Å². The zero-order valence-corrected chi connectivity index (χ0v) is 12.9. The zero-order valence-electron chi connectivity index (χ0n) is 11.2. The molecule has 1 rings (SSSR count). The summed E-state index contributed by atoms with van der Waals surface area (Å²) in [6.45, 7) is 1.81. The zero-order chi connectivity index (χ0) is 15.1. The highest BCUT2D eigenvalue weighted by Crippen LogP contribution is 2.28. The molecule has 3 N–H and O–H groups in total. The summed E-state index contributed by atoms with van der Waals surface area (Å²) < 4.78 is 4.66. The molecular weight excluding hydrogens is 300 g/mol. The van der Waals surface area contributed by atoms with Gasteiger partial charge in [-0.25, -0.2) is 4.79 Å². The van der Waals surface area contributed by atoms with E-state index in [1.54, 1.807) is 12.3 Å². The minimum atomic E-state index is -0.471. The Bertz CT molecular complexity index is 514. The number of thiophene rings is 1. The molecule has 1 heterocycles. The van der Waals surface area contributed by atoms with Gasteiger partial charge in [-0.1, -0.05) is 0 Å². The Morgan fingerprint density at radius 2 is 2.15 bits per heavy atom. The summed E-state index contributed by atoms with van der Waals surface area (Å²) in [5.74, 6) is -0.406.